The van der Waals surface area contributed by atoms with Gasteiger partial charge in [-0.3, -0.25) is 4.79 Å². The summed E-state index contributed by atoms with van der Waals surface area (Å²) in [6, 6.07) is 6.02. The first-order valence-corrected chi connectivity index (χ1v) is 7.53. The van der Waals surface area contributed by atoms with Gasteiger partial charge in [0.2, 0.25) is 0 Å². The van der Waals surface area contributed by atoms with E-state index in [0.717, 1.165) is 0 Å². The van der Waals surface area contributed by atoms with Crippen LogP contribution in [0, 0.1) is 5.92 Å². The lowest BCUT2D eigenvalue weighted by Crippen LogP contribution is -2.31. The Hall–Kier alpha value is -2.83. The van der Waals surface area contributed by atoms with E-state index in [2.05, 4.69) is 5.32 Å². The molecule has 0 bridgehead atoms. The number of rotatable bonds is 6. The van der Waals surface area contributed by atoms with Crippen molar-refractivity contribution in [2.24, 2.45) is 5.92 Å². The molecular formula is C17H19NO6. The molecule has 1 amide bonds. The molecule has 2 rings (SSSR count). The van der Waals surface area contributed by atoms with Crippen LogP contribution >= 0.6 is 0 Å². The normalized spacial score (nSPS) is 12.2. The summed E-state index contributed by atoms with van der Waals surface area (Å²) >= 11 is 0. The maximum absolute atomic E-state index is 12.0. The second-order valence-electron chi connectivity index (χ2n) is 5.85. The quantitative estimate of drug-likeness (QED) is 0.784. The van der Waals surface area contributed by atoms with Gasteiger partial charge < -0.3 is 19.6 Å². The molecule has 0 aliphatic heterocycles. The highest BCUT2D eigenvalue weighted by molar-refractivity contribution is 5.96. The Morgan fingerprint density at radius 1 is 1.25 bits per heavy atom. The number of carbonyl (C=O) groups is 2. The summed E-state index contributed by atoms with van der Waals surface area (Å²) in [7, 11) is 0. The van der Waals surface area contributed by atoms with Crippen molar-refractivity contribution in [3.05, 3.63) is 40.2 Å². The second kappa shape index (κ2) is 7.16. The first-order valence-electron chi connectivity index (χ1n) is 7.53. The van der Waals surface area contributed by atoms with Gasteiger partial charge in [0.15, 0.2) is 6.10 Å². The number of nitrogens with one attached hydrogen (secondary N) is 1. The van der Waals surface area contributed by atoms with E-state index in [1.807, 2.05) is 13.8 Å². The van der Waals surface area contributed by atoms with E-state index in [9.17, 15) is 14.4 Å². The van der Waals surface area contributed by atoms with Gasteiger partial charge in [0, 0.05) is 18.0 Å². The van der Waals surface area contributed by atoms with Crippen LogP contribution in [0.25, 0.3) is 11.0 Å². The van der Waals surface area contributed by atoms with Crippen LogP contribution in [0.4, 0.5) is 0 Å². The van der Waals surface area contributed by atoms with Crippen molar-refractivity contribution in [1.82, 2.24) is 5.32 Å². The number of benzene rings is 1. The van der Waals surface area contributed by atoms with Crippen molar-refractivity contribution in [3.8, 4) is 5.75 Å². The summed E-state index contributed by atoms with van der Waals surface area (Å²) in [5.41, 5.74) is -0.613. The molecule has 1 aromatic heterocycles. The average Bonchev–Trinajstić information content (AvgIpc) is 2.51. The van der Waals surface area contributed by atoms with E-state index in [1.54, 1.807) is 12.1 Å². The van der Waals surface area contributed by atoms with Gasteiger partial charge >= 0.3 is 11.6 Å². The van der Waals surface area contributed by atoms with Crippen molar-refractivity contribution in [1.29, 1.82) is 0 Å². The topological polar surface area (TPSA) is 106 Å². The zero-order valence-electron chi connectivity index (χ0n) is 13.7. The van der Waals surface area contributed by atoms with E-state index in [1.165, 1.54) is 19.1 Å². The number of carboxylic acid groups (broad SMARTS) is 1. The summed E-state index contributed by atoms with van der Waals surface area (Å²) in [6.45, 7) is 5.74. The Labute approximate surface area is 138 Å². The molecule has 0 radical (unpaired) electrons. The second-order valence-corrected chi connectivity index (χ2v) is 5.85. The lowest BCUT2D eigenvalue weighted by molar-refractivity contribution is -0.144. The monoisotopic (exact) mass is 333 g/mol. The van der Waals surface area contributed by atoms with Crippen LogP contribution in [0.1, 0.15) is 31.1 Å². The highest BCUT2D eigenvalue weighted by Crippen LogP contribution is 2.21. The summed E-state index contributed by atoms with van der Waals surface area (Å²) in [4.78, 5) is 34.8. The molecule has 7 heteroatoms. The molecule has 7 nitrogen and oxygen atoms in total. The fraction of sp³-hybridized carbons (Fsp3) is 0.353. The van der Waals surface area contributed by atoms with Gasteiger partial charge in [-0.1, -0.05) is 13.8 Å². The summed E-state index contributed by atoms with van der Waals surface area (Å²) in [6.07, 6.45) is -1.03. The van der Waals surface area contributed by atoms with Gasteiger partial charge in [0.05, 0.1) is 0 Å². The third-order valence-corrected chi connectivity index (χ3v) is 3.28. The lowest BCUT2D eigenvalue weighted by atomic mass is 10.1. The molecule has 128 valence electrons. The van der Waals surface area contributed by atoms with E-state index in [0.29, 0.717) is 11.9 Å². The molecule has 1 heterocycles. The van der Waals surface area contributed by atoms with E-state index in [4.69, 9.17) is 14.3 Å². The van der Waals surface area contributed by atoms with Crippen LogP contribution in [-0.2, 0) is 4.79 Å². The molecular weight excluding hydrogens is 314 g/mol. The summed E-state index contributed by atoms with van der Waals surface area (Å²) < 4.78 is 10.4. The number of hydrogen-bond acceptors (Lipinski definition) is 5. The van der Waals surface area contributed by atoms with E-state index >= 15 is 0 Å². The van der Waals surface area contributed by atoms with Gasteiger partial charge in [0.1, 0.15) is 16.9 Å². The Kier molecular flexibility index (Phi) is 5.23. The summed E-state index contributed by atoms with van der Waals surface area (Å²) in [5, 5.41) is 12.1. The van der Waals surface area contributed by atoms with Crippen molar-refractivity contribution >= 4 is 22.8 Å². The molecule has 24 heavy (non-hydrogen) atoms. The Bertz CT molecular complexity index is 823. The van der Waals surface area contributed by atoms with E-state index < -0.39 is 23.6 Å². The third kappa shape index (κ3) is 4.13. The van der Waals surface area contributed by atoms with Gasteiger partial charge in [-0.2, -0.15) is 0 Å². The van der Waals surface area contributed by atoms with Crippen molar-refractivity contribution < 1.29 is 23.8 Å². The van der Waals surface area contributed by atoms with Crippen LogP contribution in [0.15, 0.2) is 33.5 Å². The molecule has 1 atom stereocenters. The number of fused-ring (bicyclic) bond motifs is 1. The minimum absolute atomic E-state index is 0.0734. The Morgan fingerprint density at radius 3 is 2.58 bits per heavy atom. The predicted octanol–water partition coefficient (Wildman–Crippen LogP) is 2.03. The first-order chi connectivity index (χ1) is 11.3. The van der Waals surface area contributed by atoms with Crippen LogP contribution < -0.4 is 15.7 Å². The van der Waals surface area contributed by atoms with Crippen molar-refractivity contribution in [2.75, 3.05) is 6.54 Å². The molecule has 0 fully saturated rings. The average molecular weight is 333 g/mol. The predicted molar refractivity (Wildman–Crippen MR) is 87.4 cm³/mol. The molecule has 2 aromatic rings. The minimum Gasteiger partial charge on any atom is -0.479 e. The zero-order valence-corrected chi connectivity index (χ0v) is 13.7. The molecule has 1 aromatic carbocycles. The minimum atomic E-state index is -1.10. The van der Waals surface area contributed by atoms with Crippen molar-refractivity contribution in [2.45, 2.75) is 26.9 Å². The number of amides is 1. The van der Waals surface area contributed by atoms with Gasteiger partial charge in [0.25, 0.3) is 5.91 Å². The van der Waals surface area contributed by atoms with Gasteiger partial charge in [-0.25, -0.2) is 9.59 Å². The zero-order chi connectivity index (χ0) is 17.9. The molecule has 0 saturated heterocycles. The SMILES string of the molecule is CC(C)CNC(=O)c1cc2ccc(OC(C)C(=O)O)cc2oc1=O. The van der Waals surface area contributed by atoms with Crippen LogP contribution in [0.2, 0.25) is 0 Å². The lowest BCUT2D eigenvalue weighted by Gasteiger charge is -2.11. The molecule has 1 unspecified atom stereocenters. The first kappa shape index (κ1) is 17.5. The maximum Gasteiger partial charge on any atom is 0.349 e. The number of carbonyl (C=O) groups excluding carboxylic acids is 1. The maximum atomic E-state index is 12.0. The van der Waals surface area contributed by atoms with Crippen LogP contribution in [0.5, 0.6) is 5.75 Å². The van der Waals surface area contributed by atoms with Gasteiger partial charge in [-0.05, 0) is 31.0 Å². The van der Waals surface area contributed by atoms with Crippen LogP contribution in [0.3, 0.4) is 0 Å². The molecule has 0 aliphatic carbocycles. The molecule has 0 saturated carbocycles. The fourth-order valence-corrected chi connectivity index (χ4v) is 1.97. The number of hydrogen-bond donors (Lipinski definition) is 2. The van der Waals surface area contributed by atoms with Crippen molar-refractivity contribution in [3.63, 3.8) is 0 Å². The molecule has 0 aliphatic rings. The summed E-state index contributed by atoms with van der Waals surface area (Å²) in [5.74, 6) is -1.07. The fourth-order valence-electron chi connectivity index (χ4n) is 1.97. The largest absolute Gasteiger partial charge is 0.479 e. The van der Waals surface area contributed by atoms with Crippen LogP contribution in [-0.4, -0.2) is 29.6 Å². The standard InChI is InChI=1S/C17H19NO6/c1-9(2)8-18-15(19)13-6-11-4-5-12(23-10(3)16(20)21)7-14(11)24-17(13)22/h4-7,9-10H,8H2,1-3H3,(H,18,19)(H,20,21). The number of ether oxygens (including phenoxy) is 1. The Morgan fingerprint density at radius 2 is 1.96 bits per heavy atom. The molecule has 2 N–H and O–H groups in total. The number of aliphatic carboxylic acids is 1. The number of carboxylic acids is 1. The van der Waals surface area contributed by atoms with E-state index in [-0.39, 0.29) is 22.8 Å². The third-order valence-electron chi connectivity index (χ3n) is 3.28. The highest BCUT2D eigenvalue weighted by atomic mass is 16.5. The highest BCUT2D eigenvalue weighted by Gasteiger charge is 2.16. The van der Waals surface area contributed by atoms with Gasteiger partial charge in [-0.15, -0.1) is 0 Å². The molecule has 0 spiro atoms. The smallest absolute Gasteiger partial charge is 0.349 e. The Balaban J connectivity index is 2.30.